The molecule has 0 unspecified atom stereocenters. The predicted octanol–water partition coefficient (Wildman–Crippen LogP) is 2.94. The lowest BCUT2D eigenvalue weighted by atomic mass is 10.2. The van der Waals surface area contributed by atoms with E-state index in [1.807, 2.05) is 18.2 Å². The normalized spacial score (nSPS) is 12.9. The molecule has 1 atom stereocenters. The van der Waals surface area contributed by atoms with E-state index in [0.717, 1.165) is 10.9 Å². The number of hydrogen-bond acceptors (Lipinski definition) is 1. The average molecular weight is 224 g/mol. The second-order valence-electron chi connectivity index (χ2n) is 3.41. The number of carbonyl (C=O) groups is 1. The fourth-order valence-electron chi connectivity index (χ4n) is 1.61. The van der Waals surface area contributed by atoms with Crippen LogP contribution in [0.1, 0.15) is 13.0 Å². The predicted molar refractivity (Wildman–Crippen MR) is 59.3 cm³/mol. The van der Waals surface area contributed by atoms with Crippen molar-refractivity contribution in [3.63, 3.8) is 0 Å². The number of nitrogens with zero attached hydrogens (tertiary/aromatic N) is 1. The Hall–Kier alpha value is -1.48. The Morgan fingerprint density at radius 2 is 2.20 bits per heavy atom. The van der Waals surface area contributed by atoms with Crippen molar-refractivity contribution >= 4 is 28.5 Å². The molecule has 0 aliphatic carbocycles. The van der Waals surface area contributed by atoms with E-state index in [9.17, 15) is 4.79 Å². The molecule has 0 aliphatic rings. The van der Waals surface area contributed by atoms with E-state index in [-0.39, 0.29) is 0 Å². The van der Waals surface area contributed by atoms with Crippen LogP contribution in [0.3, 0.4) is 0 Å². The summed E-state index contributed by atoms with van der Waals surface area (Å²) >= 11 is 5.99. The third kappa shape index (κ3) is 1.59. The standard InChI is InChI=1S/C11H10ClNO2/c1-7(11(14)15)13-6-5-8-9(12)3-2-4-10(8)13/h2-7H,1H3,(H,14,15)/t7-/m1/s1. The molecule has 2 rings (SSSR count). The van der Waals surface area contributed by atoms with E-state index in [4.69, 9.17) is 16.7 Å². The van der Waals surface area contributed by atoms with Crippen LogP contribution in [-0.4, -0.2) is 15.6 Å². The van der Waals surface area contributed by atoms with Gasteiger partial charge < -0.3 is 9.67 Å². The van der Waals surface area contributed by atoms with Gasteiger partial charge in [0.15, 0.2) is 0 Å². The van der Waals surface area contributed by atoms with Crippen molar-refractivity contribution in [1.29, 1.82) is 0 Å². The molecule has 1 N–H and O–H groups in total. The molecule has 3 nitrogen and oxygen atoms in total. The Kier molecular flexibility index (Phi) is 2.40. The molecule has 4 heteroatoms. The minimum Gasteiger partial charge on any atom is -0.480 e. The van der Waals surface area contributed by atoms with Crippen molar-refractivity contribution in [3.8, 4) is 0 Å². The SMILES string of the molecule is C[C@H](C(=O)O)n1ccc2c(Cl)cccc21. The molecule has 0 saturated carbocycles. The first-order valence-corrected chi connectivity index (χ1v) is 4.97. The zero-order valence-electron chi connectivity index (χ0n) is 8.14. The summed E-state index contributed by atoms with van der Waals surface area (Å²) in [6, 6.07) is 6.72. The topological polar surface area (TPSA) is 42.2 Å². The molecule has 0 bridgehead atoms. The molecule has 15 heavy (non-hydrogen) atoms. The summed E-state index contributed by atoms with van der Waals surface area (Å²) in [5.74, 6) is -0.854. The summed E-state index contributed by atoms with van der Waals surface area (Å²) in [6.45, 7) is 1.64. The number of hydrogen-bond donors (Lipinski definition) is 1. The molecule has 78 valence electrons. The summed E-state index contributed by atoms with van der Waals surface area (Å²) in [7, 11) is 0. The highest BCUT2D eigenvalue weighted by molar-refractivity contribution is 6.35. The summed E-state index contributed by atoms with van der Waals surface area (Å²) in [5, 5.41) is 10.5. The Bertz CT molecular complexity index is 518. The fourth-order valence-corrected chi connectivity index (χ4v) is 1.84. The van der Waals surface area contributed by atoms with E-state index in [0.29, 0.717) is 5.02 Å². The number of rotatable bonds is 2. The molecule has 1 aromatic heterocycles. The number of carboxylic acids is 1. The van der Waals surface area contributed by atoms with E-state index in [1.165, 1.54) is 0 Å². The minimum atomic E-state index is -0.854. The van der Waals surface area contributed by atoms with Crippen LogP contribution in [0.5, 0.6) is 0 Å². The molecular formula is C11H10ClNO2. The largest absolute Gasteiger partial charge is 0.480 e. The highest BCUT2D eigenvalue weighted by Gasteiger charge is 2.15. The summed E-state index contributed by atoms with van der Waals surface area (Å²) in [4.78, 5) is 10.9. The lowest BCUT2D eigenvalue weighted by molar-refractivity contribution is -0.140. The first kappa shape index (κ1) is 10.1. The lowest BCUT2D eigenvalue weighted by Gasteiger charge is -2.10. The van der Waals surface area contributed by atoms with Crippen LogP contribution in [-0.2, 0) is 4.79 Å². The average Bonchev–Trinajstić information content (AvgIpc) is 2.61. The molecule has 0 fully saturated rings. The second kappa shape index (κ2) is 3.59. The van der Waals surface area contributed by atoms with Crippen LogP contribution in [0.4, 0.5) is 0 Å². The van der Waals surface area contributed by atoms with Crippen LogP contribution in [0.15, 0.2) is 30.5 Å². The minimum absolute atomic E-state index is 0.582. The van der Waals surface area contributed by atoms with Crippen molar-refractivity contribution in [1.82, 2.24) is 4.57 Å². The lowest BCUT2D eigenvalue weighted by Crippen LogP contribution is -2.14. The first-order chi connectivity index (χ1) is 7.11. The van der Waals surface area contributed by atoms with Gasteiger partial charge in [-0.05, 0) is 25.1 Å². The highest BCUT2D eigenvalue weighted by atomic mass is 35.5. The van der Waals surface area contributed by atoms with Gasteiger partial charge in [-0.1, -0.05) is 17.7 Å². The summed E-state index contributed by atoms with van der Waals surface area (Å²) < 4.78 is 1.70. The number of carboxylic acid groups (broad SMARTS) is 1. The Labute approximate surface area is 91.9 Å². The molecule has 0 aliphatic heterocycles. The van der Waals surface area contributed by atoms with Crippen LogP contribution >= 0.6 is 11.6 Å². The Morgan fingerprint density at radius 3 is 2.87 bits per heavy atom. The third-order valence-corrected chi connectivity index (χ3v) is 2.81. The maximum Gasteiger partial charge on any atom is 0.326 e. The van der Waals surface area contributed by atoms with Gasteiger partial charge in [0.25, 0.3) is 0 Å². The van der Waals surface area contributed by atoms with Gasteiger partial charge in [-0.15, -0.1) is 0 Å². The van der Waals surface area contributed by atoms with E-state index in [1.54, 1.807) is 23.8 Å². The molecule has 1 aromatic carbocycles. The van der Waals surface area contributed by atoms with Gasteiger partial charge in [0.1, 0.15) is 6.04 Å². The van der Waals surface area contributed by atoms with Gasteiger partial charge >= 0.3 is 5.97 Å². The van der Waals surface area contributed by atoms with Gasteiger partial charge in [0, 0.05) is 16.6 Å². The fraction of sp³-hybridized carbons (Fsp3) is 0.182. The zero-order chi connectivity index (χ0) is 11.0. The number of fused-ring (bicyclic) bond motifs is 1. The molecular weight excluding hydrogens is 214 g/mol. The van der Waals surface area contributed by atoms with Crippen molar-refractivity contribution in [3.05, 3.63) is 35.5 Å². The van der Waals surface area contributed by atoms with Gasteiger partial charge in [-0.25, -0.2) is 4.79 Å². The molecule has 0 spiro atoms. The van der Waals surface area contributed by atoms with Gasteiger partial charge in [0.05, 0.1) is 5.52 Å². The maximum absolute atomic E-state index is 10.9. The van der Waals surface area contributed by atoms with Gasteiger partial charge in [-0.3, -0.25) is 0 Å². The smallest absolute Gasteiger partial charge is 0.326 e. The van der Waals surface area contributed by atoms with Crippen LogP contribution in [0, 0.1) is 0 Å². The number of aromatic nitrogens is 1. The molecule has 2 aromatic rings. The zero-order valence-corrected chi connectivity index (χ0v) is 8.90. The summed E-state index contributed by atoms with van der Waals surface area (Å²) in [5.41, 5.74) is 0.845. The van der Waals surface area contributed by atoms with Gasteiger partial charge in [-0.2, -0.15) is 0 Å². The van der Waals surface area contributed by atoms with Crippen LogP contribution in [0.25, 0.3) is 10.9 Å². The molecule has 0 radical (unpaired) electrons. The van der Waals surface area contributed by atoms with E-state index in [2.05, 4.69) is 0 Å². The first-order valence-electron chi connectivity index (χ1n) is 4.59. The summed E-state index contributed by atoms with van der Waals surface area (Å²) in [6.07, 6.45) is 1.75. The van der Waals surface area contributed by atoms with Crippen molar-refractivity contribution in [2.24, 2.45) is 0 Å². The number of halogens is 1. The second-order valence-corrected chi connectivity index (χ2v) is 3.82. The Morgan fingerprint density at radius 1 is 1.47 bits per heavy atom. The quantitative estimate of drug-likeness (QED) is 0.851. The number of aliphatic carboxylic acids is 1. The maximum atomic E-state index is 10.9. The van der Waals surface area contributed by atoms with Crippen LogP contribution in [0.2, 0.25) is 5.02 Å². The van der Waals surface area contributed by atoms with E-state index >= 15 is 0 Å². The molecule has 0 amide bonds. The Balaban J connectivity index is 2.64. The molecule has 1 heterocycles. The molecule has 0 saturated heterocycles. The third-order valence-electron chi connectivity index (χ3n) is 2.48. The van der Waals surface area contributed by atoms with E-state index < -0.39 is 12.0 Å². The van der Waals surface area contributed by atoms with Gasteiger partial charge in [0.2, 0.25) is 0 Å². The van der Waals surface area contributed by atoms with Crippen LogP contribution < -0.4 is 0 Å². The highest BCUT2D eigenvalue weighted by Crippen LogP contribution is 2.26. The van der Waals surface area contributed by atoms with Crippen molar-refractivity contribution in [2.45, 2.75) is 13.0 Å². The van der Waals surface area contributed by atoms with Crippen molar-refractivity contribution < 1.29 is 9.90 Å². The monoisotopic (exact) mass is 223 g/mol. The number of benzene rings is 1. The van der Waals surface area contributed by atoms with Crippen molar-refractivity contribution in [2.75, 3.05) is 0 Å².